The number of nitrogens with zero attached hydrogens (tertiary/aromatic N) is 4. The van der Waals surface area contributed by atoms with Gasteiger partial charge in [-0.05, 0) is 80.9 Å². The second-order valence-electron chi connectivity index (χ2n) is 13.1. The van der Waals surface area contributed by atoms with Crippen molar-refractivity contribution < 1.29 is 107 Å². The summed E-state index contributed by atoms with van der Waals surface area (Å²) >= 11 is 0. The van der Waals surface area contributed by atoms with Crippen molar-refractivity contribution in [2.75, 3.05) is 0 Å². The number of alkyl halides is 18. The molecule has 0 bridgehead atoms. The molecule has 2 aliphatic rings. The summed E-state index contributed by atoms with van der Waals surface area (Å²) in [6.07, 6.45) is -35.4. The Morgan fingerprint density at radius 3 is 0.794 bits per heavy atom. The Balaban J connectivity index is 1.61. The molecular weight excluding hydrogens is 974 g/mol. The summed E-state index contributed by atoms with van der Waals surface area (Å²) in [5, 5.41) is 40.2. The molecule has 0 unspecified atom stereocenters. The third-order valence-corrected chi connectivity index (χ3v) is 8.86. The molecule has 0 atom stereocenters. The van der Waals surface area contributed by atoms with Gasteiger partial charge in [0.1, 0.15) is 35.4 Å². The van der Waals surface area contributed by atoms with Crippen molar-refractivity contribution in [2.24, 2.45) is 0 Å². The highest BCUT2D eigenvalue weighted by molar-refractivity contribution is 6.38. The largest absolute Gasteiger partial charge is 0.573 e. The summed E-state index contributed by atoms with van der Waals surface area (Å²) in [5.74, 6) is -12.5. The molecule has 0 radical (unpaired) electrons. The van der Waals surface area contributed by atoms with Gasteiger partial charge >= 0.3 is 38.2 Å². The molecule has 0 heterocycles. The van der Waals surface area contributed by atoms with Crippen molar-refractivity contribution >= 4 is 22.3 Å². The maximum Gasteiger partial charge on any atom is 0.573 e. The third kappa shape index (κ3) is 10.7. The van der Waals surface area contributed by atoms with E-state index in [1.807, 2.05) is 0 Å². The lowest BCUT2D eigenvalue weighted by atomic mass is 9.87. The maximum atomic E-state index is 13.4. The van der Waals surface area contributed by atoms with Crippen LogP contribution in [-0.2, 0) is 0 Å². The molecule has 68 heavy (non-hydrogen) atoms. The first-order valence-corrected chi connectivity index (χ1v) is 17.3. The van der Waals surface area contributed by atoms with Crippen molar-refractivity contribution in [1.29, 1.82) is 21.0 Å². The Bertz CT molecular complexity index is 2730. The number of benzene rings is 4. The fourth-order valence-corrected chi connectivity index (χ4v) is 6.87. The van der Waals surface area contributed by atoms with E-state index in [4.69, 9.17) is 0 Å². The Kier molecular flexibility index (Phi) is 12.1. The Morgan fingerprint density at radius 2 is 0.574 bits per heavy atom. The number of allylic oxidation sites excluding steroid dienone is 6. The van der Waals surface area contributed by atoms with E-state index in [0.717, 1.165) is 36.4 Å². The van der Waals surface area contributed by atoms with Crippen LogP contribution in [0.5, 0.6) is 34.5 Å². The molecule has 0 aliphatic heterocycles. The lowest BCUT2D eigenvalue weighted by Gasteiger charge is -2.21. The van der Waals surface area contributed by atoms with Gasteiger partial charge in [-0.3, -0.25) is 0 Å². The van der Waals surface area contributed by atoms with Crippen molar-refractivity contribution in [3.63, 3.8) is 0 Å². The van der Waals surface area contributed by atoms with Gasteiger partial charge in [0.05, 0.1) is 0 Å². The number of hydrogen-bond donors (Lipinski definition) is 0. The summed E-state index contributed by atoms with van der Waals surface area (Å²) in [7, 11) is 0. The van der Waals surface area contributed by atoms with Gasteiger partial charge < -0.3 is 28.4 Å². The number of hydrogen-bond acceptors (Lipinski definition) is 10. The first-order chi connectivity index (χ1) is 31.2. The lowest BCUT2D eigenvalue weighted by molar-refractivity contribution is -0.293. The summed E-state index contributed by atoms with van der Waals surface area (Å²) in [6, 6.07) is 12.3. The Morgan fingerprint density at radius 1 is 0.324 bits per heavy atom. The van der Waals surface area contributed by atoms with Crippen LogP contribution >= 0.6 is 0 Å². The smallest absolute Gasteiger partial charge is 0.402 e. The van der Waals surface area contributed by atoms with E-state index in [1.165, 1.54) is 24.3 Å². The molecule has 4 aromatic carbocycles. The normalized spacial score (nSPS) is 13.6. The summed E-state index contributed by atoms with van der Waals surface area (Å²) in [4.78, 5) is 0. The van der Waals surface area contributed by atoms with E-state index in [0.29, 0.717) is 0 Å². The van der Waals surface area contributed by atoms with Crippen LogP contribution in [0.15, 0.2) is 71.8 Å². The third-order valence-electron chi connectivity index (χ3n) is 8.86. The Hall–Kier alpha value is -8.40. The summed E-state index contributed by atoms with van der Waals surface area (Å²) in [6.45, 7) is 0. The predicted molar refractivity (Wildman–Crippen MR) is 187 cm³/mol. The summed E-state index contributed by atoms with van der Waals surface area (Å²) in [5.41, 5.74) is -6.73. The molecule has 0 amide bonds. The van der Waals surface area contributed by atoms with Crippen LogP contribution in [0.3, 0.4) is 0 Å². The van der Waals surface area contributed by atoms with Crippen molar-refractivity contribution in [3.8, 4) is 81.0 Å². The van der Waals surface area contributed by atoms with Gasteiger partial charge in [0, 0.05) is 22.3 Å². The predicted octanol–water partition coefficient (Wildman–Crippen LogP) is 13.0. The van der Waals surface area contributed by atoms with Gasteiger partial charge in [-0.25, -0.2) is 0 Å². The molecule has 0 spiro atoms. The van der Waals surface area contributed by atoms with Gasteiger partial charge in [0.15, 0.2) is 23.0 Å². The van der Waals surface area contributed by atoms with Crippen LogP contribution in [-0.4, -0.2) is 38.2 Å². The minimum absolute atomic E-state index is 0.151. The zero-order chi connectivity index (χ0) is 50.7. The van der Waals surface area contributed by atoms with E-state index in [-0.39, 0.29) is 57.7 Å². The Labute approximate surface area is 364 Å². The highest BCUT2D eigenvalue weighted by Crippen LogP contribution is 2.60. The van der Waals surface area contributed by atoms with Crippen molar-refractivity contribution in [2.45, 2.75) is 38.2 Å². The SMILES string of the molecule is N#CC(C#N)=C1C2=C(C(=C(C#N)C#N)c3cc(-c4cc(OC(F)(F)F)c(OC(F)(F)F)c(OC(F)(F)F)c4)ccc32)c2ccc(-c3cc(OC(F)(F)F)c(OC(F)(F)F)c(OC(F)(F)F)c3)cc21. The molecule has 6 rings (SSSR count). The number of nitriles is 4. The molecule has 2 aliphatic carbocycles. The molecule has 10 nitrogen and oxygen atoms in total. The minimum Gasteiger partial charge on any atom is -0.402 e. The van der Waals surface area contributed by atoms with Crippen molar-refractivity contribution in [1.82, 2.24) is 0 Å². The molecule has 4 aromatic rings. The molecule has 0 saturated carbocycles. The average Bonchev–Trinajstić information content (AvgIpc) is 3.67. The van der Waals surface area contributed by atoms with E-state index in [2.05, 4.69) is 28.4 Å². The second-order valence-corrected chi connectivity index (χ2v) is 13.1. The minimum atomic E-state index is -5.93. The monoisotopic (exact) mass is 984 g/mol. The van der Waals surface area contributed by atoms with Crippen LogP contribution in [0.2, 0.25) is 0 Å². The second kappa shape index (κ2) is 16.8. The number of rotatable bonds is 8. The van der Waals surface area contributed by atoms with Gasteiger partial charge in [-0.15, -0.1) is 79.0 Å². The fourth-order valence-electron chi connectivity index (χ4n) is 6.87. The molecule has 0 aromatic heterocycles. The van der Waals surface area contributed by atoms with Gasteiger partial charge in [-0.2, -0.15) is 21.0 Å². The lowest BCUT2D eigenvalue weighted by Crippen LogP contribution is -2.23. The van der Waals surface area contributed by atoms with Gasteiger partial charge in [0.25, 0.3) is 0 Å². The number of halogens is 18. The van der Waals surface area contributed by atoms with Crippen LogP contribution in [0.4, 0.5) is 79.0 Å². The zero-order valence-electron chi connectivity index (χ0n) is 31.8. The average molecular weight is 985 g/mol. The first-order valence-electron chi connectivity index (χ1n) is 17.3. The quantitative estimate of drug-likeness (QED) is 0.123. The van der Waals surface area contributed by atoms with Crippen LogP contribution in [0.1, 0.15) is 22.3 Å². The standard InChI is InChI=1S/C40H10F18N4O6/c41-35(42,43)63-25-7-17(8-26(64-36(44,45)46)33(25)67-39(53,54)55)15-1-3-21-23(5-15)29(19(11-59)12-60)32-22-4-2-16(6-24(22)30(31(21)32)20(13-61)14-62)18-9-27(65-37(47,48)49)34(68-40(56,57)58)28(10-18)66-38(50,51)52/h1-10H. The first kappa shape index (κ1) is 49.0. The molecule has 0 N–H and O–H groups in total. The highest BCUT2D eigenvalue weighted by atomic mass is 19.4. The van der Waals surface area contributed by atoms with Crippen molar-refractivity contribution in [3.05, 3.63) is 94.1 Å². The van der Waals surface area contributed by atoms with E-state index in [9.17, 15) is 100 Å². The van der Waals surface area contributed by atoms with Crippen LogP contribution in [0.25, 0.3) is 44.5 Å². The highest BCUT2D eigenvalue weighted by Gasteiger charge is 2.45. The van der Waals surface area contributed by atoms with E-state index < -0.39 is 117 Å². The number of ether oxygens (including phenoxy) is 6. The molecule has 352 valence electrons. The van der Waals surface area contributed by atoms with E-state index >= 15 is 0 Å². The van der Waals surface area contributed by atoms with Gasteiger partial charge in [-0.1, -0.05) is 24.3 Å². The molecular formula is C40H10F18N4O6. The fraction of sp³-hybridized carbons (Fsp3) is 0.150. The molecule has 0 saturated heterocycles. The van der Waals surface area contributed by atoms with Crippen LogP contribution < -0.4 is 28.4 Å². The maximum absolute atomic E-state index is 13.4. The molecule has 28 heteroatoms. The van der Waals surface area contributed by atoms with Crippen LogP contribution in [0, 0.1) is 45.3 Å². The number of fused-ring (bicyclic) bond motifs is 4. The zero-order valence-corrected chi connectivity index (χ0v) is 31.8. The van der Waals surface area contributed by atoms with Gasteiger partial charge in [0.2, 0.25) is 11.5 Å². The van der Waals surface area contributed by atoms with E-state index in [1.54, 1.807) is 0 Å². The summed E-state index contributed by atoms with van der Waals surface area (Å²) < 4.78 is 262. The topological polar surface area (TPSA) is 151 Å². The molecule has 0 fully saturated rings.